The molecule has 0 radical (unpaired) electrons. The van der Waals surface area contributed by atoms with E-state index in [1.54, 1.807) is 7.11 Å². The summed E-state index contributed by atoms with van der Waals surface area (Å²) in [5, 5.41) is 2.94. The lowest BCUT2D eigenvalue weighted by Crippen LogP contribution is -2.31. The zero-order chi connectivity index (χ0) is 13.2. The Kier molecular flexibility index (Phi) is 10.1. The zero-order valence-electron chi connectivity index (χ0n) is 11.4. The molecule has 0 saturated carbocycles. The highest BCUT2D eigenvalue weighted by Crippen LogP contribution is 2.16. The first-order valence-electron chi connectivity index (χ1n) is 6.07. The summed E-state index contributed by atoms with van der Waals surface area (Å²) in [7, 11) is 1.64. The van der Waals surface area contributed by atoms with Gasteiger partial charge in [0.2, 0.25) is 0 Å². The van der Waals surface area contributed by atoms with Gasteiger partial charge in [0.05, 0.1) is 13.7 Å². The molecule has 0 spiro atoms. The van der Waals surface area contributed by atoms with Gasteiger partial charge >= 0.3 is 0 Å². The van der Waals surface area contributed by atoms with Crippen LogP contribution in [0, 0.1) is 0 Å². The average molecular weight is 379 g/mol. The number of aliphatic imine (C=N–C) groups is 1. The van der Waals surface area contributed by atoms with Gasteiger partial charge in [0, 0.05) is 19.5 Å². The second-order valence-electron chi connectivity index (χ2n) is 3.67. The Morgan fingerprint density at radius 3 is 2.47 bits per heavy atom. The predicted octanol–water partition coefficient (Wildman–Crippen LogP) is 2.01. The molecule has 1 aromatic rings. The smallest absolute Gasteiger partial charge is 0.188 e. The summed E-state index contributed by atoms with van der Waals surface area (Å²) in [6, 6.07) is 7.51. The van der Waals surface area contributed by atoms with Gasteiger partial charge in [-0.1, -0.05) is 0 Å². The van der Waals surface area contributed by atoms with Crippen molar-refractivity contribution in [3.8, 4) is 11.5 Å². The summed E-state index contributed by atoms with van der Waals surface area (Å²) in [5.41, 5.74) is 5.59. The Balaban J connectivity index is 0.00000324. The van der Waals surface area contributed by atoms with E-state index < -0.39 is 0 Å². The van der Waals surface area contributed by atoms with Crippen molar-refractivity contribution >= 4 is 29.9 Å². The molecule has 6 heteroatoms. The van der Waals surface area contributed by atoms with Crippen LogP contribution in [0.1, 0.15) is 13.3 Å². The molecule has 19 heavy (non-hydrogen) atoms. The van der Waals surface area contributed by atoms with Crippen molar-refractivity contribution in [2.75, 3.05) is 26.8 Å². The maximum Gasteiger partial charge on any atom is 0.188 e. The van der Waals surface area contributed by atoms with Crippen LogP contribution in [0.4, 0.5) is 0 Å². The molecule has 1 rings (SSSR count). The quantitative estimate of drug-likeness (QED) is 0.329. The third-order valence-electron chi connectivity index (χ3n) is 2.27. The van der Waals surface area contributed by atoms with E-state index in [1.807, 2.05) is 31.2 Å². The average Bonchev–Trinajstić information content (AvgIpc) is 2.39. The molecule has 0 aliphatic rings. The van der Waals surface area contributed by atoms with Crippen LogP contribution in [0.15, 0.2) is 29.3 Å². The highest BCUT2D eigenvalue weighted by molar-refractivity contribution is 14.0. The summed E-state index contributed by atoms with van der Waals surface area (Å²) in [4.78, 5) is 4.16. The Hall–Kier alpha value is -1.18. The van der Waals surface area contributed by atoms with Crippen molar-refractivity contribution in [3.05, 3.63) is 24.3 Å². The second-order valence-corrected chi connectivity index (χ2v) is 3.67. The van der Waals surface area contributed by atoms with Crippen LogP contribution in [0.5, 0.6) is 11.5 Å². The van der Waals surface area contributed by atoms with Crippen LogP contribution in [-0.4, -0.2) is 32.8 Å². The van der Waals surface area contributed by atoms with Crippen LogP contribution in [0.2, 0.25) is 0 Å². The molecule has 1 aromatic carbocycles. The van der Waals surface area contributed by atoms with E-state index in [9.17, 15) is 0 Å². The number of nitrogens with two attached hydrogens (primary N) is 1. The van der Waals surface area contributed by atoms with Crippen LogP contribution < -0.4 is 20.5 Å². The summed E-state index contributed by atoms with van der Waals surface area (Å²) in [6.07, 6.45) is 0.831. The maximum absolute atomic E-state index is 5.59. The van der Waals surface area contributed by atoms with Gasteiger partial charge in [-0.25, -0.2) is 0 Å². The minimum Gasteiger partial charge on any atom is -0.497 e. The Labute approximate surface area is 131 Å². The predicted molar refractivity (Wildman–Crippen MR) is 88.7 cm³/mol. The number of nitrogens with zero attached hydrogens (tertiary/aromatic N) is 1. The Morgan fingerprint density at radius 1 is 1.26 bits per heavy atom. The first-order chi connectivity index (χ1) is 8.76. The highest BCUT2D eigenvalue weighted by atomic mass is 127. The van der Waals surface area contributed by atoms with Crippen LogP contribution >= 0.6 is 24.0 Å². The van der Waals surface area contributed by atoms with Crippen LogP contribution in [-0.2, 0) is 0 Å². The number of ether oxygens (including phenoxy) is 2. The topological polar surface area (TPSA) is 68.9 Å². The SMILES string of the molecule is CCNC(N)=NCCCOc1ccc(OC)cc1.I. The zero-order valence-corrected chi connectivity index (χ0v) is 13.7. The number of hydrogen-bond donors (Lipinski definition) is 2. The standard InChI is InChI=1S/C13H21N3O2.HI/c1-3-15-13(14)16-9-4-10-18-12-7-5-11(17-2)6-8-12;/h5-8H,3-4,9-10H2,1-2H3,(H3,14,15,16);1H. The van der Waals surface area contributed by atoms with Gasteiger partial charge in [0.15, 0.2) is 5.96 Å². The van der Waals surface area contributed by atoms with Crippen molar-refractivity contribution in [2.45, 2.75) is 13.3 Å². The van der Waals surface area contributed by atoms with Gasteiger partial charge in [0.25, 0.3) is 0 Å². The fourth-order valence-electron chi connectivity index (χ4n) is 1.36. The van der Waals surface area contributed by atoms with Gasteiger partial charge in [-0.05, 0) is 31.2 Å². The number of rotatable bonds is 7. The number of hydrogen-bond acceptors (Lipinski definition) is 3. The largest absolute Gasteiger partial charge is 0.497 e. The summed E-state index contributed by atoms with van der Waals surface area (Å²) in [6.45, 7) is 4.05. The number of benzene rings is 1. The molecular formula is C13H22IN3O2. The highest BCUT2D eigenvalue weighted by Gasteiger charge is 1.95. The molecule has 0 unspecified atom stereocenters. The Bertz CT molecular complexity index is 369. The fourth-order valence-corrected chi connectivity index (χ4v) is 1.36. The molecule has 108 valence electrons. The molecule has 0 heterocycles. The van der Waals surface area contributed by atoms with Crippen molar-refractivity contribution < 1.29 is 9.47 Å². The summed E-state index contributed by atoms with van der Waals surface area (Å²) < 4.78 is 10.6. The fraction of sp³-hybridized carbons (Fsp3) is 0.462. The molecule has 0 aliphatic heterocycles. The molecule has 3 N–H and O–H groups in total. The van der Waals surface area contributed by atoms with Crippen LogP contribution in [0.25, 0.3) is 0 Å². The molecular weight excluding hydrogens is 357 g/mol. The van der Waals surface area contributed by atoms with Crippen molar-refractivity contribution in [1.29, 1.82) is 0 Å². The molecule has 0 fully saturated rings. The molecule has 0 aromatic heterocycles. The minimum absolute atomic E-state index is 0. The third kappa shape index (κ3) is 7.76. The first-order valence-corrected chi connectivity index (χ1v) is 6.07. The van der Waals surface area contributed by atoms with Gasteiger partial charge < -0.3 is 20.5 Å². The van der Waals surface area contributed by atoms with Crippen molar-refractivity contribution in [2.24, 2.45) is 10.7 Å². The van der Waals surface area contributed by atoms with Gasteiger partial charge in [-0.3, -0.25) is 4.99 Å². The molecule has 5 nitrogen and oxygen atoms in total. The van der Waals surface area contributed by atoms with Crippen LogP contribution in [0.3, 0.4) is 0 Å². The second kappa shape index (κ2) is 10.7. The molecule has 0 bridgehead atoms. The van der Waals surface area contributed by atoms with Crippen molar-refractivity contribution in [3.63, 3.8) is 0 Å². The van der Waals surface area contributed by atoms with Crippen molar-refractivity contribution in [1.82, 2.24) is 5.32 Å². The van der Waals surface area contributed by atoms with E-state index in [0.29, 0.717) is 19.1 Å². The minimum atomic E-state index is 0. The molecule has 0 aliphatic carbocycles. The first kappa shape index (κ1) is 17.8. The molecule has 0 atom stereocenters. The number of nitrogens with one attached hydrogen (secondary N) is 1. The lowest BCUT2D eigenvalue weighted by molar-refractivity contribution is 0.312. The lowest BCUT2D eigenvalue weighted by Gasteiger charge is -2.06. The third-order valence-corrected chi connectivity index (χ3v) is 2.27. The van der Waals surface area contributed by atoms with E-state index in [1.165, 1.54) is 0 Å². The summed E-state index contributed by atoms with van der Waals surface area (Å²) >= 11 is 0. The van der Waals surface area contributed by atoms with E-state index in [4.69, 9.17) is 15.2 Å². The van der Waals surface area contributed by atoms with E-state index in [2.05, 4.69) is 10.3 Å². The Morgan fingerprint density at radius 2 is 1.89 bits per heavy atom. The van der Waals surface area contributed by atoms with E-state index >= 15 is 0 Å². The van der Waals surface area contributed by atoms with E-state index in [0.717, 1.165) is 24.5 Å². The van der Waals surface area contributed by atoms with E-state index in [-0.39, 0.29) is 24.0 Å². The molecule has 0 amide bonds. The number of halogens is 1. The van der Waals surface area contributed by atoms with Gasteiger partial charge in [-0.15, -0.1) is 24.0 Å². The maximum atomic E-state index is 5.59. The van der Waals surface area contributed by atoms with Gasteiger partial charge in [-0.2, -0.15) is 0 Å². The number of guanidine groups is 1. The monoisotopic (exact) mass is 379 g/mol. The lowest BCUT2D eigenvalue weighted by atomic mass is 10.3. The molecule has 0 saturated heterocycles. The summed E-state index contributed by atoms with van der Waals surface area (Å²) in [5.74, 6) is 2.15. The normalized spacial score (nSPS) is 10.5. The number of methoxy groups -OCH3 is 1. The van der Waals surface area contributed by atoms with Gasteiger partial charge in [0.1, 0.15) is 11.5 Å².